The van der Waals surface area contributed by atoms with E-state index in [1.165, 1.54) is 17.4 Å². The minimum absolute atomic E-state index is 0.0631. The predicted molar refractivity (Wildman–Crippen MR) is 48.2 cm³/mol. The molecular weight excluding hydrogens is 191 g/mol. The van der Waals surface area contributed by atoms with Crippen molar-refractivity contribution >= 4 is 11.3 Å². The van der Waals surface area contributed by atoms with E-state index in [2.05, 4.69) is 0 Å². The van der Waals surface area contributed by atoms with E-state index in [0.29, 0.717) is 18.1 Å². The smallest absolute Gasteiger partial charge is 0.139 e. The van der Waals surface area contributed by atoms with Gasteiger partial charge in [-0.25, -0.2) is 4.39 Å². The molecule has 1 aliphatic heterocycles. The van der Waals surface area contributed by atoms with Gasteiger partial charge >= 0.3 is 0 Å². The van der Waals surface area contributed by atoms with E-state index in [9.17, 15) is 9.50 Å². The zero-order valence-corrected chi connectivity index (χ0v) is 7.89. The number of aliphatic hydroxyl groups is 1. The van der Waals surface area contributed by atoms with Crippen LogP contribution in [0.3, 0.4) is 0 Å². The van der Waals surface area contributed by atoms with Crippen LogP contribution < -0.4 is 0 Å². The number of hydrogen-bond acceptors (Lipinski definition) is 3. The Morgan fingerprint density at radius 1 is 1.69 bits per heavy atom. The van der Waals surface area contributed by atoms with Crippen molar-refractivity contribution in [2.75, 3.05) is 13.2 Å². The first-order valence-electron chi connectivity index (χ1n) is 4.27. The van der Waals surface area contributed by atoms with Crippen LogP contribution in [-0.4, -0.2) is 18.3 Å². The van der Waals surface area contributed by atoms with Crippen molar-refractivity contribution in [1.82, 2.24) is 0 Å². The van der Waals surface area contributed by atoms with E-state index < -0.39 is 6.10 Å². The Bertz CT molecular complexity index is 281. The summed E-state index contributed by atoms with van der Waals surface area (Å²) in [6, 6.07) is 1.39. The molecule has 2 rings (SSSR count). The first-order valence-corrected chi connectivity index (χ1v) is 5.15. The fourth-order valence-corrected chi connectivity index (χ4v) is 2.38. The second-order valence-corrected chi connectivity index (χ2v) is 4.15. The second-order valence-electron chi connectivity index (χ2n) is 3.20. The molecule has 0 amide bonds. The largest absolute Gasteiger partial charge is 0.387 e. The fraction of sp³-hybridized carbons (Fsp3) is 0.556. The van der Waals surface area contributed by atoms with Gasteiger partial charge in [0, 0.05) is 12.5 Å². The molecule has 0 spiro atoms. The maximum absolute atomic E-state index is 13.1. The zero-order chi connectivity index (χ0) is 9.26. The molecule has 2 atom stereocenters. The molecule has 13 heavy (non-hydrogen) atoms. The third-order valence-corrected chi connectivity index (χ3v) is 3.29. The van der Waals surface area contributed by atoms with E-state index in [1.807, 2.05) is 0 Å². The first kappa shape index (κ1) is 9.12. The second kappa shape index (κ2) is 3.74. The van der Waals surface area contributed by atoms with Crippen LogP contribution in [-0.2, 0) is 4.74 Å². The summed E-state index contributed by atoms with van der Waals surface area (Å²) in [6.07, 6.45) is 0.126. The molecule has 0 aliphatic carbocycles. The molecule has 1 aliphatic rings. The van der Waals surface area contributed by atoms with Crippen LogP contribution in [0.15, 0.2) is 11.4 Å². The van der Waals surface area contributed by atoms with Crippen LogP contribution >= 0.6 is 11.3 Å². The van der Waals surface area contributed by atoms with Gasteiger partial charge in [-0.05, 0) is 17.9 Å². The third-order valence-electron chi connectivity index (χ3n) is 2.32. The van der Waals surface area contributed by atoms with Gasteiger partial charge in [0.1, 0.15) is 5.82 Å². The standard InChI is InChI=1S/C9H11FO2S/c10-7-2-4-13-9(7)8(11)6-1-3-12-5-6/h2,4,6,8,11H,1,3,5H2. The topological polar surface area (TPSA) is 29.5 Å². The van der Waals surface area contributed by atoms with Gasteiger partial charge in [-0.1, -0.05) is 0 Å². The monoisotopic (exact) mass is 202 g/mol. The van der Waals surface area contributed by atoms with Gasteiger partial charge in [0.2, 0.25) is 0 Å². The summed E-state index contributed by atoms with van der Waals surface area (Å²) in [5.41, 5.74) is 0. The highest BCUT2D eigenvalue weighted by atomic mass is 32.1. The number of aliphatic hydroxyl groups excluding tert-OH is 1. The molecule has 1 fully saturated rings. The lowest BCUT2D eigenvalue weighted by Crippen LogP contribution is -2.12. The minimum Gasteiger partial charge on any atom is -0.387 e. The van der Waals surface area contributed by atoms with Gasteiger partial charge in [-0.15, -0.1) is 11.3 Å². The quantitative estimate of drug-likeness (QED) is 0.794. The van der Waals surface area contributed by atoms with Gasteiger partial charge in [0.15, 0.2) is 0 Å². The van der Waals surface area contributed by atoms with Gasteiger partial charge in [0.25, 0.3) is 0 Å². The van der Waals surface area contributed by atoms with Crippen molar-refractivity contribution in [3.63, 3.8) is 0 Å². The molecule has 0 aromatic carbocycles. The molecule has 72 valence electrons. The van der Waals surface area contributed by atoms with E-state index in [4.69, 9.17) is 4.74 Å². The summed E-state index contributed by atoms with van der Waals surface area (Å²) in [5.74, 6) is -0.238. The van der Waals surface area contributed by atoms with Gasteiger partial charge < -0.3 is 9.84 Å². The van der Waals surface area contributed by atoms with Crippen LogP contribution in [0.5, 0.6) is 0 Å². The summed E-state index contributed by atoms with van der Waals surface area (Å²) in [4.78, 5) is 0.440. The molecule has 4 heteroatoms. The molecule has 2 unspecified atom stereocenters. The normalized spacial score (nSPS) is 24.9. The van der Waals surface area contributed by atoms with Gasteiger partial charge in [-0.2, -0.15) is 0 Å². The highest BCUT2D eigenvalue weighted by molar-refractivity contribution is 7.10. The van der Waals surface area contributed by atoms with E-state index in [1.54, 1.807) is 5.38 Å². The Hall–Kier alpha value is -0.450. The Balaban J connectivity index is 2.12. The number of rotatable bonds is 2. The predicted octanol–water partition coefficient (Wildman–Crippen LogP) is 1.96. The van der Waals surface area contributed by atoms with Crippen molar-refractivity contribution in [2.24, 2.45) is 5.92 Å². The third kappa shape index (κ3) is 1.75. The fourth-order valence-electron chi connectivity index (χ4n) is 1.53. The number of halogens is 1. The first-order chi connectivity index (χ1) is 6.29. The summed E-state index contributed by atoms with van der Waals surface area (Å²) < 4.78 is 18.2. The number of ether oxygens (including phenoxy) is 1. The number of thiophene rings is 1. The summed E-state index contributed by atoms with van der Waals surface area (Å²) >= 11 is 1.26. The molecule has 2 nitrogen and oxygen atoms in total. The molecule has 0 radical (unpaired) electrons. The van der Waals surface area contributed by atoms with Crippen molar-refractivity contribution in [2.45, 2.75) is 12.5 Å². The lowest BCUT2D eigenvalue weighted by atomic mass is 10.0. The minimum atomic E-state index is -0.692. The zero-order valence-electron chi connectivity index (χ0n) is 7.07. The lowest BCUT2D eigenvalue weighted by Gasteiger charge is -2.14. The molecule has 0 bridgehead atoms. The Morgan fingerprint density at radius 2 is 2.54 bits per heavy atom. The maximum Gasteiger partial charge on any atom is 0.139 e. The summed E-state index contributed by atoms with van der Waals surface area (Å²) in [6.45, 7) is 1.22. The highest BCUT2D eigenvalue weighted by Gasteiger charge is 2.27. The molecule has 0 saturated carbocycles. The molecule has 1 N–H and O–H groups in total. The molecular formula is C9H11FO2S. The summed E-state index contributed by atoms with van der Waals surface area (Å²) in [5, 5.41) is 11.4. The van der Waals surface area contributed by atoms with Crippen molar-refractivity contribution in [3.05, 3.63) is 22.1 Å². The molecule has 2 heterocycles. The summed E-state index contributed by atoms with van der Waals surface area (Å²) in [7, 11) is 0. The van der Waals surface area contributed by atoms with Crippen LogP contribution in [0.2, 0.25) is 0 Å². The molecule has 1 aromatic heterocycles. The number of hydrogen-bond donors (Lipinski definition) is 1. The van der Waals surface area contributed by atoms with E-state index in [0.717, 1.165) is 6.42 Å². The Morgan fingerprint density at radius 3 is 3.08 bits per heavy atom. The van der Waals surface area contributed by atoms with E-state index in [-0.39, 0.29) is 11.7 Å². The van der Waals surface area contributed by atoms with E-state index >= 15 is 0 Å². The van der Waals surface area contributed by atoms with Crippen molar-refractivity contribution in [3.8, 4) is 0 Å². The molecule has 1 saturated heterocycles. The average molecular weight is 202 g/mol. The van der Waals surface area contributed by atoms with Gasteiger partial charge in [0.05, 0.1) is 17.6 Å². The van der Waals surface area contributed by atoms with Gasteiger partial charge in [-0.3, -0.25) is 0 Å². The van der Waals surface area contributed by atoms with Crippen molar-refractivity contribution in [1.29, 1.82) is 0 Å². The lowest BCUT2D eigenvalue weighted by molar-refractivity contribution is 0.0919. The Labute approximate surface area is 80.0 Å². The van der Waals surface area contributed by atoms with Crippen molar-refractivity contribution < 1.29 is 14.2 Å². The SMILES string of the molecule is OC(c1sccc1F)C1CCOC1. The van der Waals surface area contributed by atoms with Crippen LogP contribution in [0.1, 0.15) is 17.4 Å². The average Bonchev–Trinajstić information content (AvgIpc) is 2.72. The van der Waals surface area contributed by atoms with Crippen LogP contribution in [0.25, 0.3) is 0 Å². The Kier molecular flexibility index (Phi) is 2.62. The van der Waals surface area contributed by atoms with Crippen LogP contribution in [0, 0.1) is 11.7 Å². The molecule has 1 aromatic rings. The van der Waals surface area contributed by atoms with Crippen LogP contribution in [0.4, 0.5) is 4.39 Å². The highest BCUT2D eigenvalue weighted by Crippen LogP contribution is 2.32. The maximum atomic E-state index is 13.1.